The van der Waals surface area contributed by atoms with E-state index in [1.165, 1.54) is 5.56 Å². The molecule has 24 heavy (non-hydrogen) atoms. The number of hydrogen-bond donors (Lipinski definition) is 1. The van der Waals surface area contributed by atoms with Crippen LogP contribution in [0.1, 0.15) is 17.0 Å². The lowest BCUT2D eigenvalue weighted by molar-refractivity contribution is 0.475. The van der Waals surface area contributed by atoms with Crippen LogP contribution in [0.3, 0.4) is 0 Å². The Labute approximate surface area is 140 Å². The molecule has 4 aromatic rings. The standard InChI is InChI=1S/C20H17N3O/c1-14-4-2-5-16(12-14)23-19(13-15-7-9-17(24)10-8-15)22-18-6-3-11-21-20(18)23/h2-12,24H,13H2,1H3. The summed E-state index contributed by atoms with van der Waals surface area (Å²) in [5.74, 6) is 1.20. The Hall–Kier alpha value is -3.14. The molecule has 0 bridgehead atoms. The molecule has 2 heterocycles. The maximum absolute atomic E-state index is 9.47. The Balaban J connectivity index is 1.88. The minimum atomic E-state index is 0.271. The SMILES string of the molecule is Cc1cccc(-n2c(Cc3ccc(O)cc3)nc3cccnc32)c1. The fraction of sp³-hybridized carbons (Fsp3) is 0.100. The summed E-state index contributed by atoms with van der Waals surface area (Å²) in [6.07, 6.45) is 2.46. The molecule has 0 fully saturated rings. The second-order valence-corrected chi connectivity index (χ2v) is 5.89. The minimum Gasteiger partial charge on any atom is -0.508 e. The van der Waals surface area contributed by atoms with Gasteiger partial charge in [0.2, 0.25) is 0 Å². The molecule has 0 aliphatic carbocycles. The summed E-state index contributed by atoms with van der Waals surface area (Å²) in [4.78, 5) is 9.30. The number of phenols is 1. The molecule has 4 heteroatoms. The number of hydrogen-bond acceptors (Lipinski definition) is 3. The van der Waals surface area contributed by atoms with Crippen LogP contribution in [-0.2, 0) is 6.42 Å². The van der Waals surface area contributed by atoms with Gasteiger partial charge in [0.25, 0.3) is 0 Å². The summed E-state index contributed by atoms with van der Waals surface area (Å²) in [7, 11) is 0. The number of aryl methyl sites for hydroxylation is 1. The summed E-state index contributed by atoms with van der Waals surface area (Å²) in [6.45, 7) is 2.08. The van der Waals surface area contributed by atoms with Crippen LogP contribution in [0.4, 0.5) is 0 Å². The number of aromatic hydroxyl groups is 1. The molecule has 4 nitrogen and oxygen atoms in total. The third kappa shape index (κ3) is 2.63. The van der Waals surface area contributed by atoms with Gasteiger partial charge in [0.15, 0.2) is 5.65 Å². The zero-order valence-corrected chi connectivity index (χ0v) is 13.3. The first kappa shape index (κ1) is 14.5. The Morgan fingerprint density at radius 2 is 1.83 bits per heavy atom. The van der Waals surface area contributed by atoms with Crippen LogP contribution in [-0.4, -0.2) is 19.6 Å². The van der Waals surface area contributed by atoms with Crippen molar-refractivity contribution in [2.24, 2.45) is 0 Å². The predicted octanol–water partition coefficient (Wildman–Crippen LogP) is 4.03. The molecule has 0 saturated carbocycles. The highest BCUT2D eigenvalue weighted by Crippen LogP contribution is 2.23. The van der Waals surface area contributed by atoms with E-state index in [0.29, 0.717) is 6.42 Å². The number of nitrogens with zero attached hydrogens (tertiary/aromatic N) is 3. The molecule has 0 atom stereocenters. The van der Waals surface area contributed by atoms with Gasteiger partial charge in [0.1, 0.15) is 17.1 Å². The van der Waals surface area contributed by atoms with E-state index in [1.807, 2.05) is 30.3 Å². The first-order chi connectivity index (χ1) is 11.7. The molecule has 2 aromatic carbocycles. The van der Waals surface area contributed by atoms with E-state index in [0.717, 1.165) is 28.2 Å². The van der Waals surface area contributed by atoms with E-state index in [1.54, 1.807) is 18.3 Å². The van der Waals surface area contributed by atoms with Gasteiger partial charge in [-0.1, -0.05) is 24.3 Å². The number of imidazole rings is 1. The van der Waals surface area contributed by atoms with Crippen LogP contribution in [0, 0.1) is 6.92 Å². The number of aromatic nitrogens is 3. The first-order valence-corrected chi connectivity index (χ1v) is 7.88. The van der Waals surface area contributed by atoms with E-state index in [-0.39, 0.29) is 5.75 Å². The normalized spacial score (nSPS) is 11.0. The van der Waals surface area contributed by atoms with Crippen molar-refractivity contribution in [3.63, 3.8) is 0 Å². The molecule has 0 saturated heterocycles. The second-order valence-electron chi connectivity index (χ2n) is 5.89. The van der Waals surface area contributed by atoms with E-state index >= 15 is 0 Å². The van der Waals surface area contributed by atoms with Crippen molar-refractivity contribution in [1.29, 1.82) is 0 Å². The van der Waals surface area contributed by atoms with Gasteiger partial charge in [-0.3, -0.25) is 4.57 Å². The smallest absolute Gasteiger partial charge is 0.164 e. The van der Waals surface area contributed by atoms with Gasteiger partial charge in [0, 0.05) is 18.3 Å². The molecular formula is C20H17N3O. The van der Waals surface area contributed by atoms with Crippen molar-refractivity contribution in [3.05, 3.63) is 83.8 Å². The Kier molecular flexibility index (Phi) is 3.50. The van der Waals surface area contributed by atoms with Crippen molar-refractivity contribution in [2.75, 3.05) is 0 Å². The van der Waals surface area contributed by atoms with Gasteiger partial charge in [-0.25, -0.2) is 9.97 Å². The molecule has 0 unspecified atom stereocenters. The number of fused-ring (bicyclic) bond motifs is 1. The molecule has 0 aliphatic heterocycles. The van der Waals surface area contributed by atoms with Gasteiger partial charge in [-0.05, 0) is 54.4 Å². The van der Waals surface area contributed by atoms with Crippen molar-refractivity contribution >= 4 is 11.2 Å². The van der Waals surface area contributed by atoms with Crippen LogP contribution < -0.4 is 0 Å². The number of phenolic OH excluding ortho intramolecular Hbond substituents is 1. The number of rotatable bonds is 3. The van der Waals surface area contributed by atoms with E-state index < -0.39 is 0 Å². The Morgan fingerprint density at radius 1 is 1.00 bits per heavy atom. The lowest BCUT2D eigenvalue weighted by Crippen LogP contribution is -2.03. The van der Waals surface area contributed by atoms with Gasteiger partial charge in [-0.2, -0.15) is 0 Å². The third-order valence-electron chi connectivity index (χ3n) is 4.04. The summed E-state index contributed by atoms with van der Waals surface area (Å²) >= 11 is 0. The minimum absolute atomic E-state index is 0.271. The van der Waals surface area contributed by atoms with Crippen LogP contribution in [0.25, 0.3) is 16.9 Å². The summed E-state index contributed by atoms with van der Waals surface area (Å²) in [5.41, 5.74) is 5.09. The summed E-state index contributed by atoms with van der Waals surface area (Å²) in [6, 6.07) is 19.5. The van der Waals surface area contributed by atoms with Crippen LogP contribution in [0.2, 0.25) is 0 Å². The zero-order valence-electron chi connectivity index (χ0n) is 13.3. The maximum Gasteiger partial charge on any atom is 0.164 e. The predicted molar refractivity (Wildman–Crippen MR) is 94.5 cm³/mol. The van der Waals surface area contributed by atoms with E-state index in [9.17, 15) is 5.11 Å². The summed E-state index contributed by atoms with van der Waals surface area (Å²) in [5, 5.41) is 9.47. The second kappa shape index (κ2) is 5.81. The summed E-state index contributed by atoms with van der Waals surface area (Å²) < 4.78 is 2.11. The first-order valence-electron chi connectivity index (χ1n) is 7.88. The molecule has 0 spiro atoms. The fourth-order valence-electron chi connectivity index (χ4n) is 2.91. The fourth-order valence-corrected chi connectivity index (χ4v) is 2.91. The molecule has 118 valence electrons. The lowest BCUT2D eigenvalue weighted by Gasteiger charge is -2.10. The Morgan fingerprint density at radius 3 is 2.62 bits per heavy atom. The van der Waals surface area contributed by atoms with Gasteiger partial charge >= 0.3 is 0 Å². The average Bonchev–Trinajstić information content (AvgIpc) is 2.95. The van der Waals surface area contributed by atoms with Gasteiger partial charge in [0.05, 0.1) is 0 Å². The molecule has 0 aliphatic rings. The third-order valence-corrected chi connectivity index (χ3v) is 4.04. The monoisotopic (exact) mass is 315 g/mol. The van der Waals surface area contributed by atoms with Crippen molar-refractivity contribution < 1.29 is 5.11 Å². The molecule has 2 aromatic heterocycles. The van der Waals surface area contributed by atoms with Crippen LogP contribution in [0.5, 0.6) is 5.75 Å². The molecule has 0 amide bonds. The lowest BCUT2D eigenvalue weighted by atomic mass is 10.1. The van der Waals surface area contributed by atoms with E-state index in [4.69, 9.17) is 4.98 Å². The van der Waals surface area contributed by atoms with Crippen molar-refractivity contribution in [1.82, 2.24) is 14.5 Å². The topological polar surface area (TPSA) is 50.9 Å². The highest BCUT2D eigenvalue weighted by Gasteiger charge is 2.14. The zero-order chi connectivity index (χ0) is 16.5. The van der Waals surface area contributed by atoms with Crippen LogP contribution >= 0.6 is 0 Å². The molecule has 0 radical (unpaired) electrons. The highest BCUT2D eigenvalue weighted by molar-refractivity contribution is 5.74. The Bertz CT molecular complexity index is 1000. The van der Waals surface area contributed by atoms with Crippen molar-refractivity contribution in [2.45, 2.75) is 13.3 Å². The van der Waals surface area contributed by atoms with Gasteiger partial charge < -0.3 is 5.11 Å². The molecule has 4 rings (SSSR count). The van der Waals surface area contributed by atoms with Gasteiger partial charge in [-0.15, -0.1) is 0 Å². The average molecular weight is 315 g/mol. The van der Waals surface area contributed by atoms with E-state index in [2.05, 4.69) is 34.7 Å². The molecule has 1 N–H and O–H groups in total. The quantitative estimate of drug-likeness (QED) is 0.621. The maximum atomic E-state index is 9.47. The largest absolute Gasteiger partial charge is 0.508 e. The highest BCUT2D eigenvalue weighted by atomic mass is 16.3. The number of pyridine rings is 1. The number of benzene rings is 2. The van der Waals surface area contributed by atoms with Crippen molar-refractivity contribution in [3.8, 4) is 11.4 Å². The van der Waals surface area contributed by atoms with Crippen LogP contribution in [0.15, 0.2) is 66.9 Å². The molecular weight excluding hydrogens is 298 g/mol.